The number of sulfone groups is 1. The van der Waals surface area contributed by atoms with Crippen molar-refractivity contribution in [2.45, 2.75) is 24.7 Å². The van der Waals surface area contributed by atoms with Crippen LogP contribution < -0.4 is 5.73 Å². The van der Waals surface area contributed by atoms with Gasteiger partial charge in [-0.15, -0.1) is 0 Å². The van der Waals surface area contributed by atoms with Gasteiger partial charge in [0.15, 0.2) is 9.84 Å². The van der Waals surface area contributed by atoms with Gasteiger partial charge in [-0.1, -0.05) is 26.0 Å². The second-order valence-electron chi connectivity index (χ2n) is 5.49. The Kier molecular flexibility index (Phi) is 2.83. The molecule has 1 aromatic carbocycles. The van der Waals surface area contributed by atoms with Gasteiger partial charge in [0.1, 0.15) is 0 Å². The van der Waals surface area contributed by atoms with Gasteiger partial charge in [0, 0.05) is 6.26 Å². The zero-order chi connectivity index (χ0) is 12.8. The topological polar surface area (TPSA) is 60.2 Å². The molecule has 0 aliphatic heterocycles. The minimum Gasteiger partial charge on any atom is -0.330 e. The number of hydrogen-bond acceptors (Lipinski definition) is 3. The third-order valence-electron chi connectivity index (χ3n) is 3.95. The molecular weight excluding hydrogens is 234 g/mol. The Bertz CT molecular complexity index is 534. The molecule has 1 saturated carbocycles. The van der Waals surface area contributed by atoms with E-state index >= 15 is 0 Å². The molecule has 0 aromatic heterocycles. The van der Waals surface area contributed by atoms with Crippen LogP contribution in [-0.4, -0.2) is 21.2 Å². The van der Waals surface area contributed by atoms with E-state index in [2.05, 4.69) is 13.8 Å². The summed E-state index contributed by atoms with van der Waals surface area (Å²) < 4.78 is 23.0. The summed E-state index contributed by atoms with van der Waals surface area (Å²) in [7, 11) is -3.12. The van der Waals surface area contributed by atoms with Gasteiger partial charge in [-0.05, 0) is 41.5 Å². The van der Waals surface area contributed by atoms with Crippen LogP contribution in [0.5, 0.6) is 0 Å². The third-order valence-corrected chi connectivity index (χ3v) is 5.06. The Balaban J connectivity index is 2.37. The maximum absolute atomic E-state index is 11.5. The van der Waals surface area contributed by atoms with E-state index in [0.717, 1.165) is 5.56 Å². The monoisotopic (exact) mass is 253 g/mol. The van der Waals surface area contributed by atoms with Crippen molar-refractivity contribution in [3.8, 4) is 0 Å². The summed E-state index contributed by atoms with van der Waals surface area (Å²) in [5.74, 6) is 0.839. The predicted molar refractivity (Wildman–Crippen MR) is 68.6 cm³/mol. The van der Waals surface area contributed by atoms with Crippen LogP contribution in [0.1, 0.15) is 25.3 Å². The molecule has 0 heterocycles. The van der Waals surface area contributed by atoms with Crippen molar-refractivity contribution in [3.05, 3.63) is 29.8 Å². The van der Waals surface area contributed by atoms with Crippen molar-refractivity contribution in [1.82, 2.24) is 0 Å². The molecule has 17 heavy (non-hydrogen) atoms. The van der Waals surface area contributed by atoms with Crippen molar-refractivity contribution in [2.24, 2.45) is 17.1 Å². The van der Waals surface area contributed by atoms with Crippen LogP contribution in [0, 0.1) is 11.3 Å². The van der Waals surface area contributed by atoms with E-state index in [9.17, 15) is 8.42 Å². The molecule has 94 valence electrons. The average Bonchev–Trinajstić information content (AvgIpc) is 2.79. The molecule has 4 heteroatoms. The Labute approximate surface area is 103 Å². The van der Waals surface area contributed by atoms with Gasteiger partial charge in [0.2, 0.25) is 0 Å². The Morgan fingerprint density at radius 1 is 1.35 bits per heavy atom. The van der Waals surface area contributed by atoms with Crippen molar-refractivity contribution < 1.29 is 8.42 Å². The Hall–Kier alpha value is -0.870. The van der Waals surface area contributed by atoms with Gasteiger partial charge in [-0.25, -0.2) is 8.42 Å². The first kappa shape index (κ1) is 12.6. The van der Waals surface area contributed by atoms with Crippen LogP contribution in [0.4, 0.5) is 0 Å². The van der Waals surface area contributed by atoms with E-state index < -0.39 is 9.84 Å². The van der Waals surface area contributed by atoms with Crippen molar-refractivity contribution in [1.29, 1.82) is 0 Å². The number of benzene rings is 1. The molecule has 0 saturated heterocycles. The number of nitrogens with two attached hydrogens (primary N) is 1. The van der Waals surface area contributed by atoms with Crippen LogP contribution in [0.25, 0.3) is 0 Å². The summed E-state index contributed by atoms with van der Waals surface area (Å²) in [5.41, 5.74) is 7.02. The molecule has 2 atom stereocenters. The van der Waals surface area contributed by atoms with Gasteiger partial charge in [-0.2, -0.15) is 0 Å². The van der Waals surface area contributed by atoms with Crippen molar-refractivity contribution >= 4 is 9.84 Å². The van der Waals surface area contributed by atoms with Gasteiger partial charge in [-0.3, -0.25) is 0 Å². The molecule has 1 aliphatic rings. The first-order chi connectivity index (χ1) is 7.78. The maximum Gasteiger partial charge on any atom is 0.175 e. The highest BCUT2D eigenvalue weighted by atomic mass is 32.2. The smallest absolute Gasteiger partial charge is 0.175 e. The van der Waals surface area contributed by atoms with E-state index in [0.29, 0.717) is 23.3 Å². The van der Waals surface area contributed by atoms with E-state index in [-0.39, 0.29) is 5.41 Å². The lowest BCUT2D eigenvalue weighted by atomic mass is 10.0. The molecule has 1 fully saturated rings. The Morgan fingerprint density at radius 3 is 2.47 bits per heavy atom. The molecule has 1 aliphatic carbocycles. The largest absolute Gasteiger partial charge is 0.330 e. The first-order valence-corrected chi connectivity index (χ1v) is 7.67. The summed E-state index contributed by atoms with van der Waals surface area (Å²) in [4.78, 5) is 0.397. The number of hydrogen-bond donors (Lipinski definition) is 1. The third kappa shape index (κ3) is 2.11. The molecule has 2 N–H and O–H groups in total. The van der Waals surface area contributed by atoms with Gasteiger partial charge in [0.25, 0.3) is 0 Å². The molecule has 0 amide bonds. The summed E-state index contributed by atoms with van der Waals surface area (Å²) in [6, 6.07) is 7.24. The van der Waals surface area contributed by atoms with E-state index in [1.165, 1.54) is 6.26 Å². The fourth-order valence-electron chi connectivity index (χ4n) is 2.78. The highest BCUT2D eigenvalue weighted by Gasteiger charge is 2.57. The second kappa shape index (κ2) is 3.82. The standard InChI is InChI=1S/C13H19NO2S/c1-13(2)11(8-14)12(13)9-5-4-6-10(7-9)17(3,15)16/h4-7,11-12H,8,14H2,1-3H3/t11-,12-/m0/s1. The van der Waals surface area contributed by atoms with Gasteiger partial charge >= 0.3 is 0 Å². The highest BCUT2D eigenvalue weighted by Crippen LogP contribution is 2.63. The van der Waals surface area contributed by atoms with E-state index in [1.54, 1.807) is 12.1 Å². The summed E-state index contributed by atoms with van der Waals surface area (Å²) in [5, 5.41) is 0. The van der Waals surface area contributed by atoms with E-state index in [4.69, 9.17) is 5.73 Å². The molecule has 1 aromatic rings. The lowest BCUT2D eigenvalue weighted by molar-refractivity contribution is 0.558. The number of rotatable bonds is 3. The minimum absolute atomic E-state index is 0.185. The highest BCUT2D eigenvalue weighted by molar-refractivity contribution is 7.90. The second-order valence-corrected chi connectivity index (χ2v) is 7.50. The molecule has 0 spiro atoms. The molecule has 0 radical (unpaired) electrons. The fraction of sp³-hybridized carbons (Fsp3) is 0.538. The molecular formula is C13H19NO2S. The lowest BCUT2D eigenvalue weighted by Gasteiger charge is -2.05. The summed E-state index contributed by atoms with van der Waals surface area (Å²) >= 11 is 0. The predicted octanol–water partition coefficient (Wildman–Crippen LogP) is 1.79. The average molecular weight is 253 g/mol. The van der Waals surface area contributed by atoms with E-state index in [1.807, 2.05) is 12.1 Å². The van der Waals surface area contributed by atoms with Crippen LogP contribution in [0.15, 0.2) is 29.2 Å². The lowest BCUT2D eigenvalue weighted by Crippen LogP contribution is -2.05. The fourth-order valence-corrected chi connectivity index (χ4v) is 3.46. The molecule has 0 unspecified atom stereocenters. The van der Waals surface area contributed by atoms with Crippen molar-refractivity contribution in [2.75, 3.05) is 12.8 Å². The maximum atomic E-state index is 11.5. The molecule has 3 nitrogen and oxygen atoms in total. The molecule has 0 bridgehead atoms. The normalized spacial score (nSPS) is 26.8. The van der Waals surface area contributed by atoms with Crippen molar-refractivity contribution in [3.63, 3.8) is 0 Å². The van der Waals surface area contributed by atoms with Crippen LogP contribution in [0.2, 0.25) is 0 Å². The minimum atomic E-state index is -3.12. The summed E-state index contributed by atoms with van der Waals surface area (Å²) in [6.45, 7) is 5.02. The quantitative estimate of drug-likeness (QED) is 0.893. The first-order valence-electron chi connectivity index (χ1n) is 5.78. The van der Waals surface area contributed by atoms with Crippen LogP contribution in [-0.2, 0) is 9.84 Å². The van der Waals surface area contributed by atoms with Crippen LogP contribution >= 0.6 is 0 Å². The SMILES string of the molecule is CC1(C)[C@@H](CN)[C@@H]1c1cccc(S(C)(=O)=O)c1. The zero-order valence-electron chi connectivity index (χ0n) is 10.5. The van der Waals surface area contributed by atoms with Crippen LogP contribution in [0.3, 0.4) is 0 Å². The van der Waals surface area contributed by atoms with Gasteiger partial charge < -0.3 is 5.73 Å². The zero-order valence-corrected chi connectivity index (χ0v) is 11.3. The molecule has 2 rings (SSSR count). The Morgan fingerprint density at radius 2 is 2.00 bits per heavy atom. The summed E-state index contributed by atoms with van der Waals surface area (Å²) in [6.07, 6.45) is 1.24. The van der Waals surface area contributed by atoms with Gasteiger partial charge in [0.05, 0.1) is 4.90 Å².